The standard InChI is InChI=1S/C22H29N3O2/c1-17-7-8-21(13-18(17)2)27-16-22(26)23-20-6-4-5-19(14-20)15-25-11-9-24(3)10-12-25/h4-8,13-14H,9-12,15-16H2,1-3H3,(H,23,26). The number of amides is 1. The van der Waals surface area contributed by atoms with E-state index < -0.39 is 0 Å². The molecule has 0 unspecified atom stereocenters. The summed E-state index contributed by atoms with van der Waals surface area (Å²) in [6.45, 7) is 9.38. The molecule has 1 heterocycles. The van der Waals surface area contributed by atoms with Gasteiger partial charge in [-0.1, -0.05) is 18.2 Å². The van der Waals surface area contributed by atoms with E-state index >= 15 is 0 Å². The highest BCUT2D eigenvalue weighted by Crippen LogP contribution is 2.17. The smallest absolute Gasteiger partial charge is 0.262 e. The normalized spacial score (nSPS) is 15.5. The molecule has 0 bridgehead atoms. The number of ether oxygens (including phenoxy) is 1. The molecule has 1 N–H and O–H groups in total. The highest BCUT2D eigenvalue weighted by molar-refractivity contribution is 5.91. The van der Waals surface area contributed by atoms with Crippen LogP contribution in [0.4, 0.5) is 5.69 Å². The molecule has 144 valence electrons. The molecule has 1 saturated heterocycles. The third kappa shape index (κ3) is 5.81. The summed E-state index contributed by atoms with van der Waals surface area (Å²) in [7, 11) is 2.16. The van der Waals surface area contributed by atoms with Crippen LogP contribution in [-0.2, 0) is 11.3 Å². The number of benzene rings is 2. The number of rotatable bonds is 6. The zero-order chi connectivity index (χ0) is 19.2. The first-order valence-electron chi connectivity index (χ1n) is 9.49. The van der Waals surface area contributed by atoms with Gasteiger partial charge in [0.1, 0.15) is 5.75 Å². The van der Waals surface area contributed by atoms with Crippen LogP contribution in [0.2, 0.25) is 0 Å². The highest BCUT2D eigenvalue weighted by atomic mass is 16.5. The van der Waals surface area contributed by atoms with Crippen molar-refractivity contribution in [3.05, 3.63) is 59.2 Å². The molecule has 2 aromatic rings. The topological polar surface area (TPSA) is 44.8 Å². The van der Waals surface area contributed by atoms with E-state index in [2.05, 4.69) is 35.2 Å². The lowest BCUT2D eigenvalue weighted by Crippen LogP contribution is -2.43. The first-order valence-corrected chi connectivity index (χ1v) is 9.49. The van der Waals surface area contributed by atoms with Crippen molar-refractivity contribution in [1.82, 2.24) is 9.80 Å². The molecule has 0 saturated carbocycles. The van der Waals surface area contributed by atoms with E-state index in [1.165, 1.54) is 11.1 Å². The van der Waals surface area contributed by atoms with Gasteiger partial charge in [0.2, 0.25) is 0 Å². The molecule has 5 heteroatoms. The summed E-state index contributed by atoms with van der Waals surface area (Å²) >= 11 is 0. The third-order valence-electron chi connectivity index (χ3n) is 5.06. The van der Waals surface area contributed by atoms with Gasteiger partial charge in [-0.2, -0.15) is 0 Å². The van der Waals surface area contributed by atoms with E-state index in [1.54, 1.807) is 0 Å². The summed E-state index contributed by atoms with van der Waals surface area (Å²) in [5.41, 5.74) is 4.40. The molecule has 1 aliphatic rings. The summed E-state index contributed by atoms with van der Waals surface area (Å²) in [6, 6.07) is 13.9. The Bertz CT molecular complexity index is 783. The predicted octanol–water partition coefficient (Wildman–Crippen LogP) is 3.07. The Morgan fingerprint density at radius 3 is 2.56 bits per heavy atom. The molecule has 1 aliphatic heterocycles. The molecular formula is C22H29N3O2. The number of hydrogen-bond donors (Lipinski definition) is 1. The molecule has 0 atom stereocenters. The number of piperazine rings is 1. The van der Waals surface area contributed by atoms with Crippen LogP contribution >= 0.6 is 0 Å². The van der Waals surface area contributed by atoms with Gasteiger partial charge in [-0.25, -0.2) is 0 Å². The number of carbonyl (C=O) groups excluding carboxylic acids is 1. The number of nitrogens with zero attached hydrogens (tertiary/aromatic N) is 2. The number of aryl methyl sites for hydroxylation is 2. The average molecular weight is 367 g/mol. The largest absolute Gasteiger partial charge is 0.484 e. The minimum Gasteiger partial charge on any atom is -0.484 e. The number of carbonyl (C=O) groups is 1. The quantitative estimate of drug-likeness (QED) is 0.852. The SMILES string of the molecule is Cc1ccc(OCC(=O)Nc2cccc(CN3CCN(C)CC3)c2)cc1C. The number of likely N-dealkylation sites (N-methyl/N-ethyl adjacent to an activating group) is 1. The Balaban J connectivity index is 1.51. The molecule has 0 radical (unpaired) electrons. The molecule has 0 aromatic heterocycles. The summed E-state index contributed by atoms with van der Waals surface area (Å²) in [5, 5.41) is 2.93. The fourth-order valence-electron chi connectivity index (χ4n) is 3.16. The van der Waals surface area contributed by atoms with Crippen LogP contribution in [0.5, 0.6) is 5.75 Å². The van der Waals surface area contributed by atoms with Crippen LogP contribution in [0.15, 0.2) is 42.5 Å². The van der Waals surface area contributed by atoms with Crippen LogP contribution in [0.1, 0.15) is 16.7 Å². The van der Waals surface area contributed by atoms with Crippen molar-refractivity contribution in [2.24, 2.45) is 0 Å². The van der Waals surface area contributed by atoms with E-state index in [1.807, 2.05) is 43.3 Å². The molecule has 0 spiro atoms. The molecule has 1 fully saturated rings. The second kappa shape index (κ2) is 9.02. The highest BCUT2D eigenvalue weighted by Gasteiger charge is 2.14. The van der Waals surface area contributed by atoms with Crippen molar-refractivity contribution in [1.29, 1.82) is 0 Å². The Hall–Kier alpha value is -2.37. The fourth-order valence-corrected chi connectivity index (χ4v) is 3.16. The van der Waals surface area contributed by atoms with Gasteiger partial charge < -0.3 is 15.0 Å². The maximum absolute atomic E-state index is 12.2. The van der Waals surface area contributed by atoms with Gasteiger partial charge >= 0.3 is 0 Å². The zero-order valence-electron chi connectivity index (χ0n) is 16.5. The molecule has 3 rings (SSSR count). The van der Waals surface area contributed by atoms with Gasteiger partial charge in [0.15, 0.2) is 6.61 Å². The molecule has 27 heavy (non-hydrogen) atoms. The van der Waals surface area contributed by atoms with E-state index in [-0.39, 0.29) is 12.5 Å². The summed E-state index contributed by atoms with van der Waals surface area (Å²) < 4.78 is 5.61. The Morgan fingerprint density at radius 2 is 1.81 bits per heavy atom. The molecular weight excluding hydrogens is 338 g/mol. The van der Waals surface area contributed by atoms with E-state index in [9.17, 15) is 4.79 Å². The Kier molecular flexibility index (Phi) is 6.48. The maximum Gasteiger partial charge on any atom is 0.262 e. The minimum absolute atomic E-state index is 0.00515. The molecule has 2 aromatic carbocycles. The number of hydrogen-bond acceptors (Lipinski definition) is 4. The maximum atomic E-state index is 12.2. The van der Waals surface area contributed by atoms with Crippen molar-refractivity contribution in [2.45, 2.75) is 20.4 Å². The minimum atomic E-state index is -0.148. The Morgan fingerprint density at radius 1 is 1.04 bits per heavy atom. The number of anilines is 1. The van der Waals surface area contributed by atoms with Crippen LogP contribution in [0.3, 0.4) is 0 Å². The lowest BCUT2D eigenvalue weighted by Gasteiger charge is -2.32. The van der Waals surface area contributed by atoms with Gasteiger partial charge in [-0.05, 0) is 61.9 Å². The third-order valence-corrected chi connectivity index (χ3v) is 5.06. The lowest BCUT2D eigenvalue weighted by molar-refractivity contribution is -0.118. The van der Waals surface area contributed by atoms with E-state index in [4.69, 9.17) is 4.74 Å². The van der Waals surface area contributed by atoms with E-state index in [0.717, 1.165) is 49.7 Å². The fraction of sp³-hybridized carbons (Fsp3) is 0.409. The van der Waals surface area contributed by atoms with Gasteiger partial charge in [0, 0.05) is 38.4 Å². The van der Waals surface area contributed by atoms with Gasteiger partial charge in [0.05, 0.1) is 0 Å². The lowest BCUT2D eigenvalue weighted by atomic mass is 10.1. The summed E-state index contributed by atoms with van der Waals surface area (Å²) in [5.74, 6) is 0.571. The van der Waals surface area contributed by atoms with Gasteiger partial charge in [0.25, 0.3) is 5.91 Å². The van der Waals surface area contributed by atoms with Gasteiger partial charge in [-0.3, -0.25) is 9.69 Å². The molecule has 0 aliphatic carbocycles. The van der Waals surface area contributed by atoms with Crippen LogP contribution in [0, 0.1) is 13.8 Å². The second-order valence-electron chi connectivity index (χ2n) is 7.36. The van der Waals surface area contributed by atoms with Crippen LogP contribution in [-0.4, -0.2) is 55.5 Å². The monoisotopic (exact) mass is 367 g/mol. The zero-order valence-corrected chi connectivity index (χ0v) is 16.5. The molecule has 1 amide bonds. The van der Waals surface area contributed by atoms with Crippen molar-refractivity contribution in [3.63, 3.8) is 0 Å². The second-order valence-corrected chi connectivity index (χ2v) is 7.36. The van der Waals surface area contributed by atoms with E-state index in [0.29, 0.717) is 0 Å². The van der Waals surface area contributed by atoms with Gasteiger partial charge in [-0.15, -0.1) is 0 Å². The van der Waals surface area contributed by atoms with Crippen molar-refractivity contribution in [3.8, 4) is 5.75 Å². The average Bonchev–Trinajstić information content (AvgIpc) is 2.65. The van der Waals surface area contributed by atoms with Crippen LogP contribution in [0.25, 0.3) is 0 Å². The van der Waals surface area contributed by atoms with Crippen molar-refractivity contribution in [2.75, 3.05) is 45.2 Å². The van der Waals surface area contributed by atoms with Crippen molar-refractivity contribution >= 4 is 11.6 Å². The molecule has 5 nitrogen and oxygen atoms in total. The summed E-state index contributed by atoms with van der Waals surface area (Å²) in [4.78, 5) is 17.0. The van der Waals surface area contributed by atoms with Crippen molar-refractivity contribution < 1.29 is 9.53 Å². The first-order chi connectivity index (χ1) is 13.0. The number of nitrogens with one attached hydrogen (secondary N) is 1. The summed E-state index contributed by atoms with van der Waals surface area (Å²) in [6.07, 6.45) is 0. The predicted molar refractivity (Wildman–Crippen MR) is 109 cm³/mol. The van der Waals surface area contributed by atoms with Crippen LogP contribution < -0.4 is 10.1 Å². The first kappa shape index (κ1) is 19.4. The Labute approximate surface area is 161 Å².